The molecule has 0 saturated heterocycles. The number of fused-ring (bicyclic) bond motifs is 1. The average Bonchev–Trinajstić information content (AvgIpc) is 3.10. The third kappa shape index (κ3) is 3.42. The minimum atomic E-state index is -0.0899. The molecule has 2 heterocycles. The van der Waals surface area contributed by atoms with Crippen LogP contribution in [-0.2, 0) is 13.0 Å². The molecule has 6 nitrogen and oxygen atoms in total. The number of aromatic nitrogens is 3. The van der Waals surface area contributed by atoms with Gasteiger partial charge in [-0.2, -0.15) is 0 Å². The van der Waals surface area contributed by atoms with E-state index < -0.39 is 0 Å². The van der Waals surface area contributed by atoms with Crippen molar-refractivity contribution in [1.29, 1.82) is 0 Å². The topological polar surface area (TPSA) is 71.8 Å². The highest BCUT2D eigenvalue weighted by atomic mass is 16.2. The molecule has 0 radical (unpaired) electrons. The van der Waals surface area contributed by atoms with E-state index in [9.17, 15) is 4.79 Å². The molecular weight excluding hydrogens is 302 g/mol. The summed E-state index contributed by atoms with van der Waals surface area (Å²) < 4.78 is 2.18. The van der Waals surface area contributed by atoms with E-state index in [4.69, 9.17) is 0 Å². The summed E-state index contributed by atoms with van der Waals surface area (Å²) in [4.78, 5) is 12.5. The smallest absolute Gasteiger partial charge is 0.315 e. The molecule has 2 amide bonds. The molecule has 1 aliphatic heterocycles. The van der Waals surface area contributed by atoms with Crippen molar-refractivity contribution in [3.8, 4) is 0 Å². The number of hydrogen-bond donors (Lipinski definition) is 2. The molecule has 1 atom stereocenters. The van der Waals surface area contributed by atoms with E-state index in [1.807, 2.05) is 0 Å². The molecule has 0 aromatic carbocycles. The largest absolute Gasteiger partial charge is 0.338 e. The number of amides is 2. The number of nitrogens with zero attached hydrogens (tertiary/aromatic N) is 3. The SMILES string of the molecule is CCCC1(CNC(=O)NC(c2nnc3n2CCC3)C(C)C)CCC1. The molecule has 0 bridgehead atoms. The van der Waals surface area contributed by atoms with E-state index in [0.29, 0.717) is 5.41 Å². The number of nitrogens with one attached hydrogen (secondary N) is 2. The molecule has 1 aromatic rings. The molecule has 2 N–H and O–H groups in total. The second kappa shape index (κ2) is 7.11. The molecule has 1 aliphatic carbocycles. The summed E-state index contributed by atoms with van der Waals surface area (Å²) in [5, 5.41) is 14.9. The van der Waals surface area contributed by atoms with Crippen molar-refractivity contribution in [3.05, 3.63) is 11.6 Å². The minimum Gasteiger partial charge on any atom is -0.338 e. The maximum Gasteiger partial charge on any atom is 0.315 e. The van der Waals surface area contributed by atoms with Crippen LogP contribution in [0.15, 0.2) is 0 Å². The number of hydrogen-bond acceptors (Lipinski definition) is 3. The van der Waals surface area contributed by atoms with E-state index in [0.717, 1.165) is 37.6 Å². The number of urea groups is 1. The van der Waals surface area contributed by atoms with Gasteiger partial charge in [0.05, 0.1) is 6.04 Å². The van der Waals surface area contributed by atoms with Gasteiger partial charge >= 0.3 is 6.03 Å². The lowest BCUT2D eigenvalue weighted by Gasteiger charge is -2.42. The van der Waals surface area contributed by atoms with Gasteiger partial charge in [-0.3, -0.25) is 0 Å². The quantitative estimate of drug-likeness (QED) is 0.805. The fourth-order valence-corrected chi connectivity index (χ4v) is 4.11. The van der Waals surface area contributed by atoms with Gasteiger partial charge in [0, 0.05) is 19.5 Å². The molecular formula is C18H31N5O. The van der Waals surface area contributed by atoms with Crippen molar-refractivity contribution in [2.75, 3.05) is 6.54 Å². The van der Waals surface area contributed by atoms with Gasteiger partial charge in [0.15, 0.2) is 5.82 Å². The Kier molecular flexibility index (Phi) is 5.11. The summed E-state index contributed by atoms with van der Waals surface area (Å²) >= 11 is 0. The Hall–Kier alpha value is -1.59. The van der Waals surface area contributed by atoms with E-state index in [1.165, 1.54) is 32.1 Å². The van der Waals surface area contributed by atoms with Crippen molar-refractivity contribution in [2.24, 2.45) is 11.3 Å². The molecule has 6 heteroatoms. The lowest BCUT2D eigenvalue weighted by molar-refractivity contribution is 0.117. The molecule has 1 unspecified atom stereocenters. The number of aryl methyl sites for hydroxylation is 1. The number of carbonyl (C=O) groups is 1. The third-order valence-electron chi connectivity index (χ3n) is 5.69. The molecule has 1 fully saturated rings. The highest BCUT2D eigenvalue weighted by Gasteiger charge is 2.36. The highest BCUT2D eigenvalue weighted by molar-refractivity contribution is 5.74. The Bertz CT molecular complexity index is 576. The first-order chi connectivity index (χ1) is 11.5. The van der Waals surface area contributed by atoms with Gasteiger partial charge in [-0.05, 0) is 37.0 Å². The van der Waals surface area contributed by atoms with Gasteiger partial charge in [-0.1, -0.05) is 33.6 Å². The Morgan fingerprint density at radius 1 is 1.29 bits per heavy atom. The normalized spacial score (nSPS) is 19.7. The second-order valence-electron chi connectivity index (χ2n) is 7.88. The van der Waals surface area contributed by atoms with Crippen molar-refractivity contribution >= 4 is 6.03 Å². The summed E-state index contributed by atoms with van der Waals surface area (Å²) in [6.45, 7) is 8.21. The van der Waals surface area contributed by atoms with Gasteiger partial charge in [0.25, 0.3) is 0 Å². The second-order valence-corrected chi connectivity index (χ2v) is 7.88. The van der Waals surface area contributed by atoms with E-state index in [2.05, 4.69) is 46.2 Å². The number of rotatable bonds is 7. The van der Waals surface area contributed by atoms with Crippen LogP contribution in [0.25, 0.3) is 0 Å². The van der Waals surface area contributed by atoms with Gasteiger partial charge in [-0.15, -0.1) is 10.2 Å². The molecule has 3 rings (SSSR count). The van der Waals surface area contributed by atoms with Crippen molar-refractivity contribution < 1.29 is 4.79 Å². The Labute approximate surface area is 144 Å². The molecule has 134 valence electrons. The van der Waals surface area contributed by atoms with Gasteiger partial charge < -0.3 is 15.2 Å². The maximum absolute atomic E-state index is 12.5. The minimum absolute atomic E-state index is 0.0774. The zero-order valence-electron chi connectivity index (χ0n) is 15.3. The fourth-order valence-electron chi connectivity index (χ4n) is 4.11. The van der Waals surface area contributed by atoms with Crippen LogP contribution in [0.3, 0.4) is 0 Å². The molecule has 0 spiro atoms. The predicted octanol–water partition coefficient (Wildman–Crippen LogP) is 3.19. The Morgan fingerprint density at radius 3 is 2.71 bits per heavy atom. The van der Waals surface area contributed by atoms with Crippen molar-refractivity contribution in [1.82, 2.24) is 25.4 Å². The lowest BCUT2D eigenvalue weighted by atomic mass is 9.66. The monoisotopic (exact) mass is 333 g/mol. The van der Waals surface area contributed by atoms with Crippen LogP contribution in [0, 0.1) is 11.3 Å². The fraction of sp³-hybridized carbons (Fsp3) is 0.833. The zero-order chi connectivity index (χ0) is 17.2. The zero-order valence-corrected chi connectivity index (χ0v) is 15.3. The first-order valence-electron chi connectivity index (χ1n) is 9.51. The lowest BCUT2D eigenvalue weighted by Crippen LogP contribution is -2.47. The average molecular weight is 333 g/mol. The standard InChI is InChI=1S/C18H31N5O/c1-4-8-18(9-6-10-18)12-19-17(24)20-15(13(2)3)16-22-21-14-7-5-11-23(14)16/h13,15H,4-12H2,1-3H3,(H2,19,20,24). The summed E-state index contributed by atoms with van der Waals surface area (Å²) in [5.41, 5.74) is 0.343. The van der Waals surface area contributed by atoms with Gasteiger partial charge in [-0.25, -0.2) is 4.79 Å². The van der Waals surface area contributed by atoms with E-state index in [1.54, 1.807) is 0 Å². The summed E-state index contributed by atoms with van der Waals surface area (Å²) in [5.74, 6) is 2.23. The molecule has 24 heavy (non-hydrogen) atoms. The summed E-state index contributed by atoms with van der Waals surface area (Å²) in [7, 11) is 0. The van der Waals surface area contributed by atoms with Gasteiger partial charge in [0.1, 0.15) is 5.82 Å². The van der Waals surface area contributed by atoms with Crippen LogP contribution in [0.4, 0.5) is 4.79 Å². The maximum atomic E-state index is 12.5. The summed E-state index contributed by atoms with van der Waals surface area (Å²) in [6.07, 6.45) is 8.28. The molecule has 1 saturated carbocycles. The van der Waals surface area contributed by atoms with Crippen molar-refractivity contribution in [2.45, 2.75) is 78.3 Å². The molecule has 1 aromatic heterocycles. The Morgan fingerprint density at radius 2 is 2.08 bits per heavy atom. The van der Waals surface area contributed by atoms with Crippen LogP contribution in [0.2, 0.25) is 0 Å². The first kappa shape index (κ1) is 17.2. The van der Waals surface area contributed by atoms with Crippen molar-refractivity contribution in [3.63, 3.8) is 0 Å². The van der Waals surface area contributed by atoms with Crippen LogP contribution in [0.5, 0.6) is 0 Å². The molecule has 2 aliphatic rings. The first-order valence-corrected chi connectivity index (χ1v) is 9.51. The number of carbonyl (C=O) groups excluding carboxylic acids is 1. The summed E-state index contributed by atoms with van der Waals surface area (Å²) in [6, 6.07) is -0.167. The van der Waals surface area contributed by atoms with Crippen LogP contribution in [0.1, 0.15) is 77.0 Å². The predicted molar refractivity (Wildman–Crippen MR) is 93.6 cm³/mol. The van der Waals surface area contributed by atoms with Crippen LogP contribution in [-0.4, -0.2) is 27.3 Å². The highest BCUT2D eigenvalue weighted by Crippen LogP contribution is 2.44. The van der Waals surface area contributed by atoms with Crippen LogP contribution < -0.4 is 10.6 Å². The van der Waals surface area contributed by atoms with E-state index >= 15 is 0 Å². The van der Waals surface area contributed by atoms with E-state index in [-0.39, 0.29) is 18.0 Å². The van der Waals surface area contributed by atoms with Crippen LogP contribution >= 0.6 is 0 Å². The Balaban J connectivity index is 1.60. The third-order valence-corrected chi connectivity index (χ3v) is 5.69. The van der Waals surface area contributed by atoms with Gasteiger partial charge in [0.2, 0.25) is 0 Å².